The first kappa shape index (κ1) is 16.0. The fourth-order valence-corrected chi connectivity index (χ4v) is 3.32. The number of likely N-dealkylation sites (N-methyl/N-ethyl adjacent to an activating group) is 1. The quantitative estimate of drug-likeness (QED) is 0.750. The normalized spacial score (nSPS) is 27.7. The van der Waals surface area contributed by atoms with Crippen LogP contribution in [0.15, 0.2) is 0 Å². The highest BCUT2D eigenvalue weighted by atomic mass is 16.6. The van der Waals surface area contributed by atoms with Gasteiger partial charge in [-0.15, -0.1) is 0 Å². The third-order valence-electron chi connectivity index (χ3n) is 4.38. The van der Waals surface area contributed by atoms with Gasteiger partial charge in [-0.05, 0) is 26.2 Å². The van der Waals surface area contributed by atoms with Gasteiger partial charge in [0.15, 0.2) is 0 Å². The van der Waals surface area contributed by atoms with Crippen LogP contribution >= 0.6 is 0 Å². The molecular weight excluding hydrogens is 272 g/mol. The zero-order chi connectivity index (χ0) is 15.4. The lowest BCUT2D eigenvalue weighted by atomic mass is 10.0. The van der Waals surface area contributed by atoms with E-state index in [2.05, 4.69) is 10.2 Å². The molecule has 2 aliphatic rings. The molecule has 21 heavy (non-hydrogen) atoms. The van der Waals surface area contributed by atoms with Gasteiger partial charge in [-0.1, -0.05) is 0 Å². The summed E-state index contributed by atoms with van der Waals surface area (Å²) in [5.41, 5.74) is 6.02. The number of nitrogens with two attached hydrogens (primary N) is 1. The van der Waals surface area contributed by atoms with Gasteiger partial charge in [0.2, 0.25) is 5.91 Å². The smallest absolute Gasteiger partial charge is 0.409 e. The van der Waals surface area contributed by atoms with Crippen molar-refractivity contribution in [1.29, 1.82) is 0 Å². The largest absolute Gasteiger partial charge is 0.450 e. The summed E-state index contributed by atoms with van der Waals surface area (Å²) in [6.07, 6.45) is 2.19. The fourth-order valence-electron chi connectivity index (χ4n) is 3.32. The van der Waals surface area contributed by atoms with Gasteiger partial charge in [0, 0.05) is 38.8 Å². The van der Waals surface area contributed by atoms with Crippen molar-refractivity contribution in [3.05, 3.63) is 0 Å². The molecule has 3 N–H and O–H groups in total. The van der Waals surface area contributed by atoms with Gasteiger partial charge in [0.1, 0.15) is 0 Å². The second-order valence-corrected chi connectivity index (χ2v) is 5.74. The highest BCUT2D eigenvalue weighted by molar-refractivity contribution is 5.82. The lowest BCUT2D eigenvalue weighted by Gasteiger charge is -2.38. The van der Waals surface area contributed by atoms with E-state index in [9.17, 15) is 9.59 Å². The van der Waals surface area contributed by atoms with Crippen LogP contribution in [0.25, 0.3) is 0 Å². The maximum Gasteiger partial charge on any atom is 0.409 e. The van der Waals surface area contributed by atoms with E-state index in [4.69, 9.17) is 10.5 Å². The molecule has 7 heteroatoms. The number of amides is 2. The van der Waals surface area contributed by atoms with Crippen LogP contribution in [0.2, 0.25) is 0 Å². The van der Waals surface area contributed by atoms with Gasteiger partial charge < -0.3 is 20.7 Å². The number of likely N-dealkylation sites (tertiary alicyclic amines) is 2. The van der Waals surface area contributed by atoms with Gasteiger partial charge in [0.05, 0.1) is 12.6 Å². The molecule has 2 heterocycles. The van der Waals surface area contributed by atoms with E-state index in [1.54, 1.807) is 11.9 Å². The van der Waals surface area contributed by atoms with Gasteiger partial charge in [-0.2, -0.15) is 0 Å². The minimum atomic E-state index is -0.239. The average Bonchev–Trinajstić information content (AvgIpc) is 2.89. The third-order valence-corrected chi connectivity index (χ3v) is 4.38. The lowest BCUT2D eigenvalue weighted by Crippen LogP contribution is -2.51. The molecule has 2 saturated heterocycles. The Hall–Kier alpha value is -1.34. The zero-order valence-electron chi connectivity index (χ0n) is 12.9. The molecule has 120 valence electrons. The number of hydrogen-bond donors (Lipinski definition) is 2. The first-order chi connectivity index (χ1) is 10.1. The molecule has 0 aromatic rings. The van der Waals surface area contributed by atoms with Crippen LogP contribution in [0.1, 0.15) is 26.2 Å². The summed E-state index contributed by atoms with van der Waals surface area (Å²) in [7, 11) is 1.66. The Kier molecular flexibility index (Phi) is 5.41. The maximum absolute atomic E-state index is 12.0. The molecular formula is C14H26N4O3. The molecule has 0 saturated carbocycles. The topological polar surface area (TPSA) is 87.9 Å². The van der Waals surface area contributed by atoms with Crippen molar-refractivity contribution < 1.29 is 14.3 Å². The molecule has 2 atom stereocenters. The minimum Gasteiger partial charge on any atom is -0.450 e. The SMILES string of the molecule is CCOC(=O)N1CCC(N2C[C@@H](N)C[C@H]2C(=O)NC)CC1. The van der Waals surface area contributed by atoms with E-state index in [-0.39, 0.29) is 24.1 Å². The predicted molar refractivity (Wildman–Crippen MR) is 78.8 cm³/mol. The van der Waals surface area contributed by atoms with Crippen molar-refractivity contribution in [2.45, 2.75) is 44.3 Å². The van der Waals surface area contributed by atoms with Crippen LogP contribution < -0.4 is 11.1 Å². The highest BCUT2D eigenvalue weighted by Crippen LogP contribution is 2.26. The first-order valence-corrected chi connectivity index (χ1v) is 7.71. The Morgan fingerprint density at radius 2 is 2.00 bits per heavy atom. The third kappa shape index (κ3) is 3.65. The van der Waals surface area contributed by atoms with Crippen LogP contribution in [0, 0.1) is 0 Å². The number of carbonyl (C=O) groups is 2. The number of nitrogens with one attached hydrogen (secondary N) is 1. The summed E-state index contributed by atoms with van der Waals surface area (Å²) in [5, 5.41) is 2.72. The minimum absolute atomic E-state index is 0.0378. The first-order valence-electron chi connectivity index (χ1n) is 7.71. The van der Waals surface area contributed by atoms with Gasteiger partial charge in [-0.25, -0.2) is 4.79 Å². The number of carbonyl (C=O) groups excluding carboxylic acids is 2. The van der Waals surface area contributed by atoms with Crippen molar-refractivity contribution in [2.75, 3.05) is 33.3 Å². The monoisotopic (exact) mass is 298 g/mol. The molecule has 7 nitrogen and oxygen atoms in total. The number of ether oxygens (including phenoxy) is 1. The maximum atomic E-state index is 12.0. The average molecular weight is 298 g/mol. The molecule has 2 rings (SSSR count). The fraction of sp³-hybridized carbons (Fsp3) is 0.857. The Balaban J connectivity index is 1.91. The van der Waals surface area contributed by atoms with Crippen molar-refractivity contribution in [3.63, 3.8) is 0 Å². The summed E-state index contributed by atoms with van der Waals surface area (Å²) in [6.45, 7) is 4.32. The van der Waals surface area contributed by atoms with Gasteiger partial charge in [0.25, 0.3) is 0 Å². The Bertz CT molecular complexity index is 382. The molecule has 2 aliphatic heterocycles. The van der Waals surface area contributed by atoms with Crippen LogP contribution in [0.3, 0.4) is 0 Å². The highest BCUT2D eigenvalue weighted by Gasteiger charge is 2.40. The molecule has 0 bridgehead atoms. The van der Waals surface area contributed by atoms with E-state index in [1.807, 2.05) is 6.92 Å². The summed E-state index contributed by atoms with van der Waals surface area (Å²) in [5.74, 6) is 0.0378. The Morgan fingerprint density at radius 1 is 1.33 bits per heavy atom. The molecule has 0 aromatic heterocycles. The molecule has 0 spiro atoms. The van der Waals surface area contributed by atoms with Crippen LogP contribution in [0.4, 0.5) is 4.79 Å². The van der Waals surface area contributed by atoms with Crippen LogP contribution in [-0.2, 0) is 9.53 Å². The van der Waals surface area contributed by atoms with E-state index in [0.717, 1.165) is 19.4 Å². The number of piperidine rings is 1. The van der Waals surface area contributed by atoms with E-state index < -0.39 is 0 Å². The lowest BCUT2D eigenvalue weighted by molar-refractivity contribution is -0.126. The molecule has 2 amide bonds. The van der Waals surface area contributed by atoms with E-state index in [1.165, 1.54) is 0 Å². The molecule has 0 aliphatic carbocycles. The van der Waals surface area contributed by atoms with E-state index >= 15 is 0 Å². The summed E-state index contributed by atoms with van der Waals surface area (Å²) < 4.78 is 5.03. The van der Waals surface area contributed by atoms with Crippen molar-refractivity contribution in [2.24, 2.45) is 5.73 Å². The standard InChI is InChI=1S/C14H26N4O3/c1-3-21-14(20)17-6-4-11(5-7-17)18-9-10(15)8-12(18)13(19)16-2/h10-12H,3-9,15H2,1-2H3,(H,16,19)/t10-,12-/m0/s1. The summed E-state index contributed by atoms with van der Waals surface area (Å²) >= 11 is 0. The van der Waals surface area contributed by atoms with Gasteiger partial charge in [-0.3, -0.25) is 9.69 Å². The van der Waals surface area contributed by atoms with Crippen LogP contribution in [-0.4, -0.2) is 73.2 Å². The second kappa shape index (κ2) is 7.09. The van der Waals surface area contributed by atoms with Crippen LogP contribution in [0.5, 0.6) is 0 Å². The molecule has 0 unspecified atom stereocenters. The van der Waals surface area contributed by atoms with Gasteiger partial charge >= 0.3 is 6.09 Å². The molecule has 0 radical (unpaired) electrons. The summed E-state index contributed by atoms with van der Waals surface area (Å²) in [4.78, 5) is 27.6. The Morgan fingerprint density at radius 3 is 2.57 bits per heavy atom. The van der Waals surface area contributed by atoms with Crippen molar-refractivity contribution in [3.8, 4) is 0 Å². The number of hydrogen-bond acceptors (Lipinski definition) is 5. The number of rotatable bonds is 3. The molecule has 0 aromatic carbocycles. The summed E-state index contributed by atoms with van der Waals surface area (Å²) in [6, 6.07) is 0.228. The number of nitrogens with zero attached hydrogens (tertiary/aromatic N) is 2. The second-order valence-electron chi connectivity index (χ2n) is 5.74. The zero-order valence-corrected chi connectivity index (χ0v) is 12.9. The Labute approximate surface area is 125 Å². The van der Waals surface area contributed by atoms with Crippen molar-refractivity contribution in [1.82, 2.24) is 15.1 Å². The predicted octanol–water partition coefficient (Wildman–Crippen LogP) is -0.245. The molecule has 2 fully saturated rings. The van der Waals surface area contributed by atoms with Crippen molar-refractivity contribution >= 4 is 12.0 Å². The van der Waals surface area contributed by atoms with E-state index in [0.29, 0.717) is 32.2 Å².